The summed E-state index contributed by atoms with van der Waals surface area (Å²) >= 11 is 0. The molecule has 33 heavy (non-hydrogen) atoms. The van der Waals surface area contributed by atoms with Crippen LogP contribution in [-0.2, 0) is 11.3 Å². The van der Waals surface area contributed by atoms with Gasteiger partial charge in [-0.25, -0.2) is 14.5 Å². The van der Waals surface area contributed by atoms with Crippen molar-refractivity contribution >= 4 is 22.8 Å². The third-order valence-corrected chi connectivity index (χ3v) is 5.50. The number of nitrogens with zero attached hydrogens (tertiary/aromatic N) is 6. The molecule has 9 nitrogen and oxygen atoms in total. The van der Waals surface area contributed by atoms with Gasteiger partial charge in [0.25, 0.3) is 0 Å². The van der Waals surface area contributed by atoms with E-state index in [4.69, 9.17) is 9.47 Å². The summed E-state index contributed by atoms with van der Waals surface area (Å²) in [6.45, 7) is 8.35. The van der Waals surface area contributed by atoms with Gasteiger partial charge >= 0.3 is 6.09 Å². The van der Waals surface area contributed by atoms with Gasteiger partial charge in [-0.2, -0.15) is 10.4 Å². The predicted molar refractivity (Wildman–Crippen MR) is 124 cm³/mol. The van der Waals surface area contributed by atoms with E-state index in [-0.39, 0.29) is 6.09 Å². The number of nitriles is 1. The Balaban J connectivity index is 1.56. The first kappa shape index (κ1) is 22.4. The fourth-order valence-corrected chi connectivity index (χ4v) is 3.90. The molecule has 0 saturated carbocycles. The minimum atomic E-state index is -0.530. The van der Waals surface area contributed by atoms with Crippen molar-refractivity contribution in [2.75, 3.05) is 38.2 Å². The number of hydrogen-bond donors (Lipinski definition) is 0. The van der Waals surface area contributed by atoms with Gasteiger partial charge in [-0.15, -0.1) is 0 Å². The Bertz CT molecular complexity index is 1180. The van der Waals surface area contributed by atoms with Gasteiger partial charge in [0, 0.05) is 32.4 Å². The summed E-state index contributed by atoms with van der Waals surface area (Å²) in [7, 11) is 1.64. The van der Waals surface area contributed by atoms with E-state index in [1.54, 1.807) is 24.4 Å². The Morgan fingerprint density at radius 1 is 1.12 bits per heavy atom. The Hall–Kier alpha value is -3.80. The molecule has 0 atom stereocenters. The van der Waals surface area contributed by atoms with Crippen LogP contribution in [0.25, 0.3) is 11.0 Å². The van der Waals surface area contributed by atoms with E-state index in [1.165, 1.54) is 0 Å². The lowest BCUT2D eigenvalue weighted by Gasteiger charge is -2.37. The van der Waals surface area contributed by atoms with E-state index < -0.39 is 5.60 Å². The summed E-state index contributed by atoms with van der Waals surface area (Å²) in [6.07, 6.45) is 3.06. The summed E-state index contributed by atoms with van der Waals surface area (Å²) < 4.78 is 12.6. The van der Waals surface area contributed by atoms with Crippen LogP contribution in [0.2, 0.25) is 0 Å². The zero-order valence-corrected chi connectivity index (χ0v) is 19.4. The molecule has 1 fully saturated rings. The molecule has 4 rings (SSSR count). The lowest BCUT2D eigenvalue weighted by Crippen LogP contribution is -2.50. The van der Waals surface area contributed by atoms with Gasteiger partial charge in [0.2, 0.25) is 0 Å². The number of pyridine rings is 1. The van der Waals surface area contributed by atoms with Crippen molar-refractivity contribution < 1.29 is 14.3 Å². The first-order valence-corrected chi connectivity index (χ1v) is 10.9. The van der Waals surface area contributed by atoms with Gasteiger partial charge in [0.1, 0.15) is 17.4 Å². The molecule has 1 aromatic carbocycles. The molecule has 1 aliphatic rings. The number of methoxy groups -OCH3 is 1. The minimum Gasteiger partial charge on any atom is -0.497 e. The molecule has 0 radical (unpaired) electrons. The van der Waals surface area contributed by atoms with Crippen LogP contribution in [0.1, 0.15) is 31.9 Å². The maximum absolute atomic E-state index is 12.4. The molecule has 1 amide bonds. The molecule has 0 N–H and O–H groups in total. The molecule has 0 aliphatic carbocycles. The highest BCUT2D eigenvalue weighted by Crippen LogP contribution is 2.30. The molecule has 0 spiro atoms. The van der Waals surface area contributed by atoms with Gasteiger partial charge < -0.3 is 19.3 Å². The van der Waals surface area contributed by atoms with Crippen LogP contribution >= 0.6 is 0 Å². The zero-order valence-electron chi connectivity index (χ0n) is 19.4. The highest BCUT2D eigenvalue weighted by molar-refractivity contribution is 5.92. The minimum absolute atomic E-state index is 0.310. The summed E-state index contributed by atoms with van der Waals surface area (Å²) in [5, 5.41) is 15.1. The second-order valence-corrected chi connectivity index (χ2v) is 8.97. The van der Waals surface area contributed by atoms with Gasteiger partial charge in [-0.1, -0.05) is 12.1 Å². The SMILES string of the molecule is COc1ccc(Cn2ncc3c(N4CCN(C(=O)OC(C)(C)C)CC4)c(C#N)cnc32)cc1. The van der Waals surface area contributed by atoms with Crippen LogP contribution in [0, 0.1) is 11.3 Å². The molecular formula is C24H28N6O3. The summed E-state index contributed by atoms with van der Waals surface area (Å²) in [5.74, 6) is 0.800. The lowest BCUT2D eigenvalue weighted by molar-refractivity contribution is 0.0240. The summed E-state index contributed by atoms with van der Waals surface area (Å²) in [6, 6.07) is 10.1. The van der Waals surface area contributed by atoms with E-state index in [0.717, 1.165) is 28.0 Å². The van der Waals surface area contributed by atoms with E-state index >= 15 is 0 Å². The van der Waals surface area contributed by atoms with E-state index in [1.807, 2.05) is 49.7 Å². The van der Waals surface area contributed by atoms with Crippen LogP contribution in [0.15, 0.2) is 36.7 Å². The number of fused-ring (bicyclic) bond motifs is 1. The van der Waals surface area contributed by atoms with Crippen molar-refractivity contribution in [3.05, 3.63) is 47.8 Å². The smallest absolute Gasteiger partial charge is 0.410 e. The Morgan fingerprint density at radius 2 is 1.82 bits per heavy atom. The monoisotopic (exact) mass is 448 g/mol. The first-order valence-electron chi connectivity index (χ1n) is 10.9. The second kappa shape index (κ2) is 8.98. The number of benzene rings is 1. The molecule has 1 saturated heterocycles. The largest absolute Gasteiger partial charge is 0.497 e. The topological polar surface area (TPSA) is 96.5 Å². The van der Waals surface area contributed by atoms with Crippen LogP contribution in [0.4, 0.5) is 10.5 Å². The van der Waals surface area contributed by atoms with Crippen LogP contribution < -0.4 is 9.64 Å². The molecule has 0 unspecified atom stereocenters. The second-order valence-electron chi connectivity index (χ2n) is 8.97. The standard InChI is InChI=1S/C24H28N6O3/c1-24(2,3)33-23(31)29-11-9-28(10-12-29)21-18(13-25)14-26-22-20(21)15-27-30(22)16-17-5-7-19(32-4)8-6-17/h5-8,14-15H,9-12,16H2,1-4H3. The third-order valence-electron chi connectivity index (χ3n) is 5.50. The summed E-state index contributed by atoms with van der Waals surface area (Å²) in [4.78, 5) is 20.8. The van der Waals surface area contributed by atoms with Crippen molar-refractivity contribution in [2.45, 2.75) is 32.9 Å². The number of amides is 1. The number of anilines is 1. The zero-order chi connectivity index (χ0) is 23.6. The number of carbonyl (C=O) groups is 1. The molecular weight excluding hydrogens is 420 g/mol. The number of aromatic nitrogens is 3. The number of carbonyl (C=O) groups excluding carboxylic acids is 1. The van der Waals surface area contributed by atoms with Crippen molar-refractivity contribution in [3.8, 4) is 11.8 Å². The van der Waals surface area contributed by atoms with Crippen molar-refractivity contribution in [1.82, 2.24) is 19.7 Å². The van der Waals surface area contributed by atoms with Gasteiger partial charge in [0.15, 0.2) is 5.65 Å². The lowest BCUT2D eigenvalue weighted by atomic mass is 10.1. The Kier molecular flexibility index (Phi) is 6.09. The maximum Gasteiger partial charge on any atom is 0.410 e. The highest BCUT2D eigenvalue weighted by Gasteiger charge is 2.28. The highest BCUT2D eigenvalue weighted by atomic mass is 16.6. The fraction of sp³-hybridized carbons (Fsp3) is 0.417. The number of hydrogen-bond acceptors (Lipinski definition) is 7. The van der Waals surface area contributed by atoms with Gasteiger partial charge in [-0.3, -0.25) is 0 Å². The number of ether oxygens (including phenoxy) is 2. The van der Waals surface area contributed by atoms with E-state index in [2.05, 4.69) is 21.1 Å². The molecule has 3 heterocycles. The fourth-order valence-electron chi connectivity index (χ4n) is 3.90. The Morgan fingerprint density at radius 3 is 2.42 bits per heavy atom. The van der Waals surface area contributed by atoms with Crippen molar-refractivity contribution in [2.24, 2.45) is 0 Å². The van der Waals surface area contributed by atoms with Crippen LogP contribution in [0.5, 0.6) is 5.75 Å². The molecule has 2 aromatic heterocycles. The first-order chi connectivity index (χ1) is 15.8. The van der Waals surface area contributed by atoms with E-state index in [0.29, 0.717) is 38.3 Å². The quantitative estimate of drug-likeness (QED) is 0.603. The van der Waals surface area contributed by atoms with Crippen molar-refractivity contribution in [3.63, 3.8) is 0 Å². The molecule has 172 valence electrons. The third kappa shape index (κ3) is 4.85. The van der Waals surface area contributed by atoms with Crippen LogP contribution in [-0.4, -0.2) is 64.6 Å². The number of piperazine rings is 1. The number of rotatable bonds is 4. The Labute approximate surface area is 193 Å². The van der Waals surface area contributed by atoms with E-state index in [9.17, 15) is 10.1 Å². The predicted octanol–water partition coefficient (Wildman–Crippen LogP) is 3.42. The average Bonchev–Trinajstić information content (AvgIpc) is 3.20. The van der Waals surface area contributed by atoms with Crippen molar-refractivity contribution in [1.29, 1.82) is 5.26 Å². The maximum atomic E-state index is 12.4. The van der Waals surface area contributed by atoms with Gasteiger partial charge in [-0.05, 0) is 38.5 Å². The molecule has 9 heteroatoms. The van der Waals surface area contributed by atoms with Gasteiger partial charge in [0.05, 0.1) is 36.5 Å². The molecule has 0 bridgehead atoms. The normalized spacial score (nSPS) is 14.3. The average molecular weight is 449 g/mol. The molecule has 1 aliphatic heterocycles. The van der Waals surface area contributed by atoms with Crippen LogP contribution in [0.3, 0.4) is 0 Å². The summed E-state index contributed by atoms with van der Waals surface area (Å²) in [5.41, 5.74) is 2.57. The molecule has 3 aromatic rings.